The Morgan fingerprint density at radius 2 is 1.66 bits per heavy atom. The zero-order chi connectivity index (χ0) is 22.4. The third-order valence-corrected chi connectivity index (χ3v) is 6.12. The molecule has 6 nitrogen and oxygen atoms in total. The number of ether oxygens (including phenoxy) is 1. The van der Waals surface area contributed by atoms with Crippen molar-refractivity contribution in [3.8, 4) is 0 Å². The van der Waals surface area contributed by atoms with Gasteiger partial charge in [-0.2, -0.15) is 0 Å². The Morgan fingerprint density at radius 3 is 2.38 bits per heavy atom. The van der Waals surface area contributed by atoms with Crippen molar-refractivity contribution in [3.05, 3.63) is 95.3 Å². The number of nitrogens with zero attached hydrogens (tertiary/aromatic N) is 1. The Labute approximate surface area is 188 Å². The first-order valence-electron chi connectivity index (χ1n) is 10.8. The number of para-hydroxylation sites is 1. The van der Waals surface area contributed by atoms with Crippen LogP contribution < -0.4 is 10.6 Å². The summed E-state index contributed by atoms with van der Waals surface area (Å²) in [6.07, 6.45) is 4.82. The number of rotatable bonds is 6. The number of carbonyl (C=O) groups is 2. The third-order valence-electron chi connectivity index (χ3n) is 6.12. The molecule has 164 valence electrons. The Kier molecular flexibility index (Phi) is 6.61. The van der Waals surface area contributed by atoms with Crippen LogP contribution in [0.25, 0.3) is 0 Å². The number of amides is 2. The molecule has 1 aliphatic rings. The minimum atomic E-state index is -0.277. The van der Waals surface area contributed by atoms with Gasteiger partial charge in [0.1, 0.15) is 0 Å². The first kappa shape index (κ1) is 21.7. The molecule has 0 spiro atoms. The van der Waals surface area contributed by atoms with Gasteiger partial charge in [0.25, 0.3) is 11.8 Å². The van der Waals surface area contributed by atoms with E-state index in [0.717, 1.165) is 18.4 Å². The maximum Gasteiger partial charge on any atom is 0.255 e. The van der Waals surface area contributed by atoms with Crippen LogP contribution in [-0.4, -0.2) is 36.6 Å². The quantitative estimate of drug-likeness (QED) is 0.618. The molecular weight excluding hydrogens is 402 g/mol. The molecule has 2 heterocycles. The number of aryl methyl sites for hydroxylation is 1. The van der Waals surface area contributed by atoms with Gasteiger partial charge in [0.05, 0.1) is 11.3 Å². The van der Waals surface area contributed by atoms with Crippen LogP contribution in [0.5, 0.6) is 0 Å². The SMILES string of the molecule is Cc1cccc(C(=O)NCC2(c3ccccc3)CCOCC2)c1NC(=O)c1ccncc1. The van der Waals surface area contributed by atoms with E-state index in [1.807, 2.05) is 37.3 Å². The van der Waals surface area contributed by atoms with E-state index in [0.29, 0.717) is 36.6 Å². The fourth-order valence-corrected chi connectivity index (χ4v) is 4.18. The van der Waals surface area contributed by atoms with Gasteiger partial charge in [0.2, 0.25) is 0 Å². The van der Waals surface area contributed by atoms with Crippen LogP contribution in [0.4, 0.5) is 5.69 Å². The summed E-state index contributed by atoms with van der Waals surface area (Å²) in [5, 5.41) is 6.04. The minimum absolute atomic E-state index is 0.167. The largest absolute Gasteiger partial charge is 0.381 e. The summed E-state index contributed by atoms with van der Waals surface area (Å²) in [4.78, 5) is 29.9. The highest BCUT2D eigenvalue weighted by Gasteiger charge is 2.35. The fourth-order valence-electron chi connectivity index (χ4n) is 4.18. The number of hydrogen-bond donors (Lipinski definition) is 2. The topological polar surface area (TPSA) is 80.3 Å². The summed E-state index contributed by atoms with van der Waals surface area (Å²) in [5.41, 5.74) is 3.32. The normalized spacial score (nSPS) is 15.0. The highest BCUT2D eigenvalue weighted by Crippen LogP contribution is 2.34. The average Bonchev–Trinajstić information content (AvgIpc) is 2.85. The zero-order valence-corrected chi connectivity index (χ0v) is 18.1. The minimum Gasteiger partial charge on any atom is -0.381 e. The van der Waals surface area contributed by atoms with Crippen molar-refractivity contribution >= 4 is 17.5 Å². The van der Waals surface area contributed by atoms with Crippen LogP contribution in [0.3, 0.4) is 0 Å². The summed E-state index contributed by atoms with van der Waals surface area (Å²) in [6, 6.07) is 19.0. The Bertz CT molecular complexity index is 1080. The van der Waals surface area contributed by atoms with Crippen molar-refractivity contribution in [2.75, 3.05) is 25.1 Å². The number of benzene rings is 2. The maximum atomic E-state index is 13.2. The van der Waals surface area contributed by atoms with Gasteiger partial charge < -0.3 is 15.4 Å². The molecule has 3 aromatic rings. The van der Waals surface area contributed by atoms with Crippen molar-refractivity contribution < 1.29 is 14.3 Å². The zero-order valence-electron chi connectivity index (χ0n) is 18.1. The Morgan fingerprint density at radius 1 is 0.938 bits per heavy atom. The second-order valence-electron chi connectivity index (χ2n) is 8.13. The number of aromatic nitrogens is 1. The van der Waals surface area contributed by atoms with E-state index in [4.69, 9.17) is 4.74 Å². The number of anilines is 1. The van der Waals surface area contributed by atoms with E-state index >= 15 is 0 Å². The monoisotopic (exact) mass is 429 g/mol. The molecule has 0 radical (unpaired) electrons. The maximum absolute atomic E-state index is 13.2. The lowest BCUT2D eigenvalue weighted by Crippen LogP contribution is -2.44. The van der Waals surface area contributed by atoms with E-state index in [-0.39, 0.29) is 17.2 Å². The molecule has 0 bridgehead atoms. The van der Waals surface area contributed by atoms with Crippen molar-refractivity contribution in [2.24, 2.45) is 0 Å². The second-order valence-corrected chi connectivity index (χ2v) is 8.13. The molecule has 0 aliphatic carbocycles. The fraction of sp³-hybridized carbons (Fsp3) is 0.269. The van der Waals surface area contributed by atoms with E-state index in [1.165, 1.54) is 5.56 Å². The summed E-state index contributed by atoms with van der Waals surface area (Å²) in [7, 11) is 0. The molecule has 2 amide bonds. The van der Waals surface area contributed by atoms with Crippen LogP contribution >= 0.6 is 0 Å². The van der Waals surface area contributed by atoms with Crippen LogP contribution in [0.15, 0.2) is 73.1 Å². The van der Waals surface area contributed by atoms with Gasteiger partial charge in [-0.25, -0.2) is 0 Å². The smallest absolute Gasteiger partial charge is 0.255 e. The first-order chi connectivity index (χ1) is 15.6. The lowest BCUT2D eigenvalue weighted by atomic mass is 9.74. The van der Waals surface area contributed by atoms with Crippen LogP contribution in [0, 0.1) is 6.92 Å². The van der Waals surface area contributed by atoms with E-state index in [1.54, 1.807) is 30.6 Å². The standard InChI is InChI=1S/C26H27N3O3/c1-19-6-5-9-22(23(19)29-24(30)20-10-14-27-15-11-20)25(31)28-18-26(12-16-32-17-13-26)21-7-3-2-4-8-21/h2-11,14-15H,12-13,16-18H2,1H3,(H,28,31)(H,29,30). The first-order valence-corrected chi connectivity index (χ1v) is 10.8. The van der Waals surface area contributed by atoms with Crippen LogP contribution in [-0.2, 0) is 10.2 Å². The van der Waals surface area contributed by atoms with E-state index in [2.05, 4.69) is 27.8 Å². The molecule has 1 fully saturated rings. The molecule has 2 aromatic carbocycles. The van der Waals surface area contributed by atoms with Crippen LogP contribution in [0.1, 0.15) is 44.7 Å². The van der Waals surface area contributed by atoms with Crippen molar-refractivity contribution in [2.45, 2.75) is 25.2 Å². The van der Waals surface area contributed by atoms with Gasteiger partial charge in [-0.15, -0.1) is 0 Å². The number of hydrogen-bond acceptors (Lipinski definition) is 4. The van der Waals surface area contributed by atoms with E-state index < -0.39 is 0 Å². The molecule has 0 saturated carbocycles. The molecule has 1 saturated heterocycles. The average molecular weight is 430 g/mol. The number of pyridine rings is 1. The molecule has 1 aliphatic heterocycles. The molecule has 1 aromatic heterocycles. The molecule has 4 rings (SSSR count). The summed E-state index contributed by atoms with van der Waals surface area (Å²) < 4.78 is 5.59. The molecule has 0 atom stereocenters. The molecule has 32 heavy (non-hydrogen) atoms. The highest BCUT2D eigenvalue weighted by molar-refractivity contribution is 6.09. The molecule has 2 N–H and O–H groups in total. The van der Waals surface area contributed by atoms with Gasteiger partial charge in [-0.05, 0) is 49.1 Å². The summed E-state index contributed by atoms with van der Waals surface area (Å²) in [5.74, 6) is -0.485. The highest BCUT2D eigenvalue weighted by atomic mass is 16.5. The second kappa shape index (κ2) is 9.75. The van der Waals surface area contributed by atoms with Gasteiger partial charge >= 0.3 is 0 Å². The molecule has 0 unspecified atom stereocenters. The Hall–Kier alpha value is -3.51. The van der Waals surface area contributed by atoms with E-state index in [9.17, 15) is 9.59 Å². The molecule has 6 heteroatoms. The van der Waals surface area contributed by atoms with Gasteiger partial charge in [-0.1, -0.05) is 42.5 Å². The van der Waals surface area contributed by atoms with Gasteiger partial charge in [-0.3, -0.25) is 14.6 Å². The van der Waals surface area contributed by atoms with Gasteiger partial charge in [0, 0.05) is 43.1 Å². The summed E-state index contributed by atoms with van der Waals surface area (Å²) >= 11 is 0. The van der Waals surface area contributed by atoms with Crippen molar-refractivity contribution in [1.82, 2.24) is 10.3 Å². The predicted molar refractivity (Wildman–Crippen MR) is 124 cm³/mol. The van der Waals surface area contributed by atoms with Gasteiger partial charge in [0.15, 0.2) is 0 Å². The predicted octanol–water partition coefficient (Wildman–Crippen LogP) is 4.12. The number of carbonyl (C=O) groups excluding carboxylic acids is 2. The van der Waals surface area contributed by atoms with Crippen molar-refractivity contribution in [3.63, 3.8) is 0 Å². The summed E-state index contributed by atoms with van der Waals surface area (Å²) in [6.45, 7) is 3.72. The van der Waals surface area contributed by atoms with Crippen LogP contribution in [0.2, 0.25) is 0 Å². The lowest BCUT2D eigenvalue weighted by molar-refractivity contribution is 0.0487. The van der Waals surface area contributed by atoms with Crippen molar-refractivity contribution in [1.29, 1.82) is 0 Å². The number of nitrogens with one attached hydrogen (secondary N) is 2. The molecular formula is C26H27N3O3. The Balaban J connectivity index is 1.54. The lowest BCUT2D eigenvalue weighted by Gasteiger charge is -2.38. The third kappa shape index (κ3) is 4.70.